The van der Waals surface area contributed by atoms with Gasteiger partial charge in [-0.2, -0.15) is 20.3 Å². The molecule has 12 nitrogen and oxygen atoms in total. The van der Waals surface area contributed by atoms with Gasteiger partial charge in [0.1, 0.15) is 12.7 Å². The quantitative estimate of drug-likeness (QED) is 0.521. The van der Waals surface area contributed by atoms with E-state index >= 15 is 0 Å². The van der Waals surface area contributed by atoms with Crippen LogP contribution in [-0.4, -0.2) is 70.2 Å². The van der Waals surface area contributed by atoms with E-state index < -0.39 is 0 Å². The maximum atomic E-state index is 12.4. The molecule has 3 aliphatic heterocycles. The van der Waals surface area contributed by atoms with Gasteiger partial charge in [-0.1, -0.05) is 36.4 Å². The number of anilines is 2. The third-order valence-corrected chi connectivity index (χ3v) is 6.52. The van der Waals surface area contributed by atoms with Crippen LogP contribution in [0.5, 0.6) is 0 Å². The molecule has 0 unspecified atom stereocenters. The zero-order valence-electron chi connectivity index (χ0n) is 23.4. The monoisotopic (exact) mass is 537 g/mol. The SMILES string of the molecule is CC1(C)CCCC(C)(C)N1O.CN1N=CNN(C)C1=O.O=C1N(c2ccccc2)N=CNN1c1ccccc1. The minimum absolute atomic E-state index is 0.0399. The number of benzene rings is 2. The Labute approximate surface area is 230 Å². The fraction of sp³-hybridized carbons (Fsp3) is 0.407. The molecule has 1 fully saturated rings. The van der Waals surface area contributed by atoms with E-state index in [-0.39, 0.29) is 23.1 Å². The highest BCUT2D eigenvalue weighted by Gasteiger charge is 2.40. The number of hydrazone groups is 2. The summed E-state index contributed by atoms with van der Waals surface area (Å²) < 4.78 is 0. The van der Waals surface area contributed by atoms with Gasteiger partial charge < -0.3 is 5.21 Å². The molecular formula is C27H39N9O3. The molecule has 1 saturated heterocycles. The lowest BCUT2D eigenvalue weighted by molar-refractivity contribution is -0.241. The van der Waals surface area contributed by atoms with Crippen molar-refractivity contribution in [3.8, 4) is 0 Å². The normalized spacial score (nSPS) is 19.8. The molecule has 3 N–H and O–H groups in total. The van der Waals surface area contributed by atoms with Crippen LogP contribution in [0.2, 0.25) is 0 Å². The van der Waals surface area contributed by atoms with E-state index in [0.717, 1.165) is 24.2 Å². The van der Waals surface area contributed by atoms with Gasteiger partial charge in [0.2, 0.25) is 0 Å². The van der Waals surface area contributed by atoms with Crippen LogP contribution in [0.4, 0.5) is 21.0 Å². The zero-order chi connectivity index (χ0) is 28.6. The number of hydrazine groups is 2. The molecule has 0 radical (unpaired) electrons. The van der Waals surface area contributed by atoms with Gasteiger partial charge in [-0.15, -0.1) is 0 Å². The first-order valence-electron chi connectivity index (χ1n) is 12.8. The van der Waals surface area contributed by atoms with Crippen LogP contribution >= 0.6 is 0 Å². The van der Waals surface area contributed by atoms with Crippen LogP contribution in [0.25, 0.3) is 0 Å². The fourth-order valence-electron chi connectivity index (χ4n) is 4.35. The largest absolute Gasteiger partial charge is 0.368 e. The van der Waals surface area contributed by atoms with Gasteiger partial charge in [-0.25, -0.2) is 24.6 Å². The van der Waals surface area contributed by atoms with Crippen molar-refractivity contribution in [3.63, 3.8) is 0 Å². The molecule has 0 spiro atoms. The Morgan fingerprint density at radius 2 is 1.26 bits per heavy atom. The molecule has 0 saturated carbocycles. The fourth-order valence-corrected chi connectivity index (χ4v) is 4.35. The second kappa shape index (κ2) is 12.6. The smallest absolute Gasteiger partial charge is 0.313 e. The number of hydroxylamine groups is 2. The molecule has 39 heavy (non-hydrogen) atoms. The molecule has 0 aliphatic carbocycles. The number of carbonyl (C=O) groups is 2. The summed E-state index contributed by atoms with van der Waals surface area (Å²) in [4.78, 5) is 23.2. The van der Waals surface area contributed by atoms with E-state index in [9.17, 15) is 14.8 Å². The third kappa shape index (κ3) is 7.45. The minimum atomic E-state index is -0.250. The maximum Gasteiger partial charge on any atom is 0.368 e. The average molecular weight is 538 g/mol. The first kappa shape index (κ1) is 29.4. The average Bonchev–Trinajstić information content (AvgIpc) is 2.92. The van der Waals surface area contributed by atoms with Crippen molar-refractivity contribution < 1.29 is 14.8 Å². The summed E-state index contributed by atoms with van der Waals surface area (Å²) in [6.07, 6.45) is 6.33. The number of nitrogens with one attached hydrogen (secondary N) is 2. The number of rotatable bonds is 2. The van der Waals surface area contributed by atoms with Gasteiger partial charge >= 0.3 is 12.1 Å². The van der Waals surface area contributed by atoms with Crippen molar-refractivity contribution in [2.24, 2.45) is 10.2 Å². The van der Waals surface area contributed by atoms with E-state index in [1.165, 1.54) is 44.2 Å². The highest BCUT2D eigenvalue weighted by atomic mass is 16.5. The lowest BCUT2D eigenvalue weighted by atomic mass is 9.82. The van der Waals surface area contributed by atoms with E-state index in [1.807, 2.05) is 60.7 Å². The summed E-state index contributed by atoms with van der Waals surface area (Å²) in [5.41, 5.74) is 6.86. The topological polar surface area (TPSA) is 119 Å². The van der Waals surface area contributed by atoms with E-state index in [2.05, 4.69) is 48.7 Å². The first-order valence-corrected chi connectivity index (χ1v) is 12.8. The summed E-state index contributed by atoms with van der Waals surface area (Å²) >= 11 is 0. The Morgan fingerprint density at radius 3 is 1.74 bits per heavy atom. The van der Waals surface area contributed by atoms with Crippen LogP contribution in [-0.2, 0) is 0 Å². The molecule has 0 bridgehead atoms. The van der Waals surface area contributed by atoms with Crippen LogP contribution in [0, 0.1) is 0 Å². The summed E-state index contributed by atoms with van der Waals surface area (Å²) in [7, 11) is 3.22. The van der Waals surface area contributed by atoms with Crippen molar-refractivity contribution in [2.75, 3.05) is 24.1 Å². The number of hydrogen-bond acceptors (Lipinski definition) is 8. The molecule has 0 aromatic heterocycles. The van der Waals surface area contributed by atoms with Crippen LogP contribution in [0.15, 0.2) is 70.9 Å². The van der Waals surface area contributed by atoms with Crippen LogP contribution < -0.4 is 20.9 Å². The highest BCUT2D eigenvalue weighted by molar-refractivity contribution is 6.05. The molecule has 2 aromatic rings. The van der Waals surface area contributed by atoms with Crippen molar-refractivity contribution >= 4 is 36.1 Å². The third-order valence-electron chi connectivity index (χ3n) is 6.52. The first-order chi connectivity index (χ1) is 18.4. The standard InChI is InChI=1S/C14H12N4O.C9H19NO.C4H8N4O/c19-14-17(12-7-3-1-4-8-12)15-11-16-18(14)13-9-5-2-6-10-13;1-8(2)6-5-7-9(3,4)10(8)11;1-7-4(9)8(2)6-3-5-7/h1-11H,(H,15,16);11H,5-7H2,1-4H3;3H,1-2H3,(H,5,6). The molecule has 12 heteroatoms. The number of carbonyl (C=O) groups excluding carboxylic acids is 2. The summed E-state index contributed by atoms with van der Waals surface area (Å²) in [5, 5.41) is 24.4. The number of nitrogens with zero attached hydrogens (tertiary/aromatic N) is 7. The van der Waals surface area contributed by atoms with Gasteiger partial charge in [0, 0.05) is 25.2 Å². The number of urea groups is 2. The van der Waals surface area contributed by atoms with E-state index in [0.29, 0.717) is 0 Å². The number of piperidine rings is 1. The second-order valence-electron chi connectivity index (χ2n) is 10.5. The van der Waals surface area contributed by atoms with E-state index in [1.54, 1.807) is 14.1 Å². The summed E-state index contributed by atoms with van der Waals surface area (Å²) in [5.74, 6) is 0. The van der Waals surface area contributed by atoms with Gasteiger partial charge in [0.25, 0.3) is 0 Å². The molecule has 2 aromatic carbocycles. The van der Waals surface area contributed by atoms with Crippen molar-refractivity contribution in [3.05, 3.63) is 60.7 Å². The highest BCUT2D eigenvalue weighted by Crippen LogP contribution is 2.36. The Kier molecular flexibility index (Phi) is 9.49. The lowest BCUT2D eigenvalue weighted by Crippen LogP contribution is -2.56. The molecule has 3 aliphatic rings. The van der Waals surface area contributed by atoms with Gasteiger partial charge in [0.05, 0.1) is 11.4 Å². The number of para-hydroxylation sites is 2. The van der Waals surface area contributed by atoms with Crippen LogP contribution in [0.3, 0.4) is 0 Å². The molecule has 0 atom stereocenters. The summed E-state index contributed by atoms with van der Waals surface area (Å²) in [6.45, 7) is 8.36. The molecule has 210 valence electrons. The minimum Gasteiger partial charge on any atom is -0.313 e. The lowest BCUT2D eigenvalue weighted by Gasteiger charge is -2.48. The van der Waals surface area contributed by atoms with Crippen molar-refractivity contribution in [1.82, 2.24) is 25.9 Å². The predicted octanol–water partition coefficient (Wildman–Crippen LogP) is 4.43. The van der Waals surface area contributed by atoms with Gasteiger partial charge in [-0.3, -0.25) is 10.9 Å². The number of amides is 4. The van der Waals surface area contributed by atoms with Gasteiger partial charge in [0.15, 0.2) is 0 Å². The van der Waals surface area contributed by atoms with E-state index in [4.69, 9.17) is 0 Å². The Bertz CT molecular complexity index is 1140. The molecular weight excluding hydrogens is 498 g/mol. The Balaban J connectivity index is 0.000000179. The Hall–Kier alpha value is -4.16. The molecule has 4 amide bonds. The van der Waals surface area contributed by atoms with Gasteiger partial charge in [-0.05, 0) is 71.2 Å². The zero-order valence-corrected chi connectivity index (χ0v) is 23.4. The van der Waals surface area contributed by atoms with Crippen molar-refractivity contribution in [1.29, 1.82) is 0 Å². The molecule has 5 rings (SSSR count). The Morgan fingerprint density at radius 1 is 0.744 bits per heavy atom. The maximum absolute atomic E-state index is 12.4. The van der Waals surface area contributed by atoms with Crippen LogP contribution in [0.1, 0.15) is 47.0 Å². The second-order valence-corrected chi connectivity index (χ2v) is 10.5. The van der Waals surface area contributed by atoms with Crippen molar-refractivity contribution in [2.45, 2.75) is 58.0 Å². The number of hydrogen-bond donors (Lipinski definition) is 3. The predicted molar refractivity (Wildman–Crippen MR) is 153 cm³/mol. The summed E-state index contributed by atoms with van der Waals surface area (Å²) in [6, 6.07) is 18.3. The molecule has 3 heterocycles.